The van der Waals surface area contributed by atoms with Crippen LogP contribution in [0.15, 0.2) is 71.7 Å². The van der Waals surface area contributed by atoms with Gasteiger partial charge in [-0.2, -0.15) is 13.2 Å². The molecule has 0 saturated carbocycles. The number of halogens is 5. The molecule has 0 aromatic heterocycles. The van der Waals surface area contributed by atoms with Crippen molar-refractivity contribution in [3.8, 4) is 0 Å². The summed E-state index contributed by atoms with van der Waals surface area (Å²) in [6, 6.07) is 15.3. The van der Waals surface area contributed by atoms with Gasteiger partial charge in [0.05, 0.1) is 34.4 Å². The van der Waals surface area contributed by atoms with E-state index in [4.69, 9.17) is 16.6 Å². The Morgan fingerprint density at radius 2 is 1.63 bits per heavy atom. The molecule has 2 aliphatic heterocycles. The fourth-order valence-electron chi connectivity index (χ4n) is 4.87. The van der Waals surface area contributed by atoms with Crippen LogP contribution >= 0.6 is 11.6 Å². The van der Waals surface area contributed by atoms with E-state index >= 15 is 0 Å². The second-order valence-corrected chi connectivity index (χ2v) is 9.48. The van der Waals surface area contributed by atoms with Gasteiger partial charge in [-0.1, -0.05) is 29.8 Å². The number of carboxylic acids is 1. The van der Waals surface area contributed by atoms with Gasteiger partial charge in [-0.15, -0.1) is 0 Å². The van der Waals surface area contributed by atoms with E-state index in [-0.39, 0.29) is 22.9 Å². The van der Waals surface area contributed by atoms with E-state index in [2.05, 4.69) is 4.90 Å². The maximum atomic E-state index is 13.7. The van der Waals surface area contributed by atoms with Crippen LogP contribution in [-0.4, -0.2) is 48.1 Å². The fourth-order valence-corrected chi connectivity index (χ4v) is 5.08. The Bertz CT molecular complexity index is 1370. The highest BCUT2D eigenvalue weighted by atomic mass is 35.5. The molecule has 11 heteroatoms. The van der Waals surface area contributed by atoms with Crippen LogP contribution in [0, 0.1) is 5.82 Å². The monoisotopic (exact) mass is 546 g/mol. The predicted octanol–water partition coefficient (Wildman–Crippen LogP) is 6.34. The van der Waals surface area contributed by atoms with Crippen molar-refractivity contribution in [1.29, 1.82) is 0 Å². The van der Waals surface area contributed by atoms with Crippen molar-refractivity contribution in [3.63, 3.8) is 0 Å². The summed E-state index contributed by atoms with van der Waals surface area (Å²) >= 11 is 6.46. The van der Waals surface area contributed by atoms with Gasteiger partial charge in [0.15, 0.2) is 0 Å². The zero-order valence-corrected chi connectivity index (χ0v) is 20.8. The standard InChI is InChI=1S/C27H23ClF4N4O2/c28-21-10-5-17(27(30,31)32)15-24(21)36-23(16-25(37)38)20-3-1-2-4-22(20)33-26(36)35-13-11-34(12-14-35)19-8-6-18(29)7-9-19/h1-10,15,23H,11-14,16H2,(H,37,38). The first-order chi connectivity index (χ1) is 18.1. The summed E-state index contributed by atoms with van der Waals surface area (Å²) in [5, 5.41) is 9.81. The van der Waals surface area contributed by atoms with Crippen molar-refractivity contribution >= 4 is 40.6 Å². The van der Waals surface area contributed by atoms with E-state index in [1.807, 2.05) is 4.90 Å². The summed E-state index contributed by atoms with van der Waals surface area (Å²) in [5.74, 6) is -1.11. The van der Waals surface area contributed by atoms with Crippen LogP contribution in [0.25, 0.3) is 0 Å². The van der Waals surface area contributed by atoms with Gasteiger partial charge < -0.3 is 19.8 Å². The number of nitrogens with zero attached hydrogens (tertiary/aromatic N) is 4. The van der Waals surface area contributed by atoms with Gasteiger partial charge in [0.25, 0.3) is 0 Å². The highest BCUT2D eigenvalue weighted by Gasteiger charge is 2.39. The molecule has 3 aromatic rings. The van der Waals surface area contributed by atoms with Gasteiger partial charge in [-0.25, -0.2) is 9.38 Å². The lowest BCUT2D eigenvalue weighted by molar-refractivity contribution is -0.138. The summed E-state index contributed by atoms with van der Waals surface area (Å²) in [6.45, 7) is 1.98. The molecule has 38 heavy (non-hydrogen) atoms. The summed E-state index contributed by atoms with van der Waals surface area (Å²) in [7, 11) is 0. The molecule has 5 rings (SSSR count). The first kappa shape index (κ1) is 25.8. The molecule has 198 valence electrons. The third kappa shape index (κ3) is 5.13. The van der Waals surface area contributed by atoms with E-state index in [0.717, 1.165) is 17.8 Å². The smallest absolute Gasteiger partial charge is 0.416 e. The van der Waals surface area contributed by atoms with Gasteiger partial charge in [0, 0.05) is 37.4 Å². The van der Waals surface area contributed by atoms with Gasteiger partial charge in [-0.05, 0) is 48.5 Å². The first-order valence-corrected chi connectivity index (χ1v) is 12.3. The van der Waals surface area contributed by atoms with Crippen LogP contribution in [-0.2, 0) is 11.0 Å². The molecular formula is C27H23ClF4N4O2. The minimum absolute atomic E-state index is 0.0296. The van der Waals surface area contributed by atoms with Gasteiger partial charge in [0.2, 0.25) is 5.96 Å². The number of alkyl halides is 3. The van der Waals surface area contributed by atoms with Crippen molar-refractivity contribution in [2.24, 2.45) is 4.99 Å². The van der Waals surface area contributed by atoms with Crippen molar-refractivity contribution in [1.82, 2.24) is 4.90 Å². The number of benzene rings is 3. The maximum Gasteiger partial charge on any atom is 0.416 e. The van der Waals surface area contributed by atoms with E-state index in [1.165, 1.54) is 23.1 Å². The number of aliphatic carboxylic acids is 1. The Morgan fingerprint density at radius 1 is 0.974 bits per heavy atom. The predicted molar refractivity (Wildman–Crippen MR) is 138 cm³/mol. The molecule has 0 aliphatic carbocycles. The number of carboxylic acid groups (broad SMARTS) is 1. The molecule has 1 saturated heterocycles. The Morgan fingerprint density at radius 3 is 2.29 bits per heavy atom. The summed E-state index contributed by atoms with van der Waals surface area (Å²) < 4.78 is 54.4. The van der Waals surface area contributed by atoms with E-state index in [1.54, 1.807) is 36.4 Å². The summed E-state index contributed by atoms with van der Waals surface area (Å²) in [6.07, 6.45) is -4.99. The highest BCUT2D eigenvalue weighted by molar-refractivity contribution is 6.34. The van der Waals surface area contributed by atoms with Gasteiger partial charge >= 0.3 is 12.1 Å². The van der Waals surface area contributed by atoms with Crippen LogP contribution in [0.2, 0.25) is 5.02 Å². The van der Waals surface area contributed by atoms with Crippen LogP contribution < -0.4 is 9.80 Å². The average Bonchev–Trinajstić information content (AvgIpc) is 2.89. The molecule has 0 spiro atoms. The number of fused-ring (bicyclic) bond motifs is 1. The zero-order valence-electron chi connectivity index (χ0n) is 20.0. The molecule has 1 atom stereocenters. The van der Waals surface area contributed by atoms with E-state index < -0.39 is 23.8 Å². The molecule has 1 N–H and O–H groups in total. The SMILES string of the molecule is O=C(O)CC1c2ccccc2N=C(N2CCN(c3ccc(F)cc3)CC2)N1c1cc(C(F)(F)F)ccc1Cl. The molecule has 1 unspecified atom stereocenters. The lowest BCUT2D eigenvalue weighted by atomic mass is 9.97. The quantitative estimate of drug-likeness (QED) is 0.387. The third-order valence-corrected chi connectivity index (χ3v) is 7.02. The maximum absolute atomic E-state index is 13.7. The molecule has 6 nitrogen and oxygen atoms in total. The normalized spacial score (nSPS) is 17.8. The Hall–Kier alpha value is -3.79. The van der Waals surface area contributed by atoms with Gasteiger partial charge in [-0.3, -0.25) is 4.79 Å². The number of carbonyl (C=O) groups is 1. The summed E-state index contributed by atoms with van der Waals surface area (Å²) in [4.78, 5) is 22.2. The Balaban J connectivity index is 1.56. The number of hydrogen-bond acceptors (Lipinski definition) is 5. The molecule has 2 aliphatic rings. The fraction of sp³-hybridized carbons (Fsp3) is 0.259. The first-order valence-electron chi connectivity index (χ1n) is 11.9. The molecule has 1 fully saturated rings. The summed E-state index contributed by atoms with van der Waals surface area (Å²) in [5.41, 5.74) is 1.11. The van der Waals surface area contributed by atoms with Crippen molar-refractivity contribution < 1.29 is 27.5 Å². The number of para-hydroxylation sites is 1. The zero-order chi connectivity index (χ0) is 27.0. The van der Waals surface area contributed by atoms with Crippen LogP contribution in [0.4, 0.5) is 34.6 Å². The third-order valence-electron chi connectivity index (χ3n) is 6.70. The Labute approximate surface area is 221 Å². The molecule has 3 aromatic carbocycles. The Kier molecular flexibility index (Phi) is 6.92. The highest BCUT2D eigenvalue weighted by Crippen LogP contribution is 2.44. The molecule has 0 bridgehead atoms. The average molecular weight is 547 g/mol. The molecular weight excluding hydrogens is 524 g/mol. The lowest BCUT2D eigenvalue weighted by Gasteiger charge is -2.45. The van der Waals surface area contributed by atoms with Crippen molar-refractivity contribution in [3.05, 3.63) is 88.7 Å². The van der Waals surface area contributed by atoms with Crippen molar-refractivity contribution in [2.45, 2.75) is 18.6 Å². The minimum Gasteiger partial charge on any atom is -0.481 e. The van der Waals surface area contributed by atoms with Crippen LogP contribution in [0.1, 0.15) is 23.6 Å². The number of rotatable bonds is 4. The van der Waals surface area contributed by atoms with Gasteiger partial charge in [0.1, 0.15) is 5.82 Å². The molecule has 2 heterocycles. The topological polar surface area (TPSA) is 59.4 Å². The second kappa shape index (κ2) is 10.2. The number of guanidine groups is 1. The number of piperazine rings is 1. The van der Waals surface area contributed by atoms with E-state index in [9.17, 15) is 27.5 Å². The van der Waals surface area contributed by atoms with Crippen LogP contribution in [0.3, 0.4) is 0 Å². The minimum atomic E-state index is -4.62. The lowest BCUT2D eigenvalue weighted by Crippen LogP contribution is -2.55. The second-order valence-electron chi connectivity index (χ2n) is 9.07. The van der Waals surface area contributed by atoms with E-state index in [0.29, 0.717) is 43.4 Å². The van der Waals surface area contributed by atoms with Crippen LogP contribution in [0.5, 0.6) is 0 Å². The molecule has 0 amide bonds. The number of anilines is 2. The number of aliphatic imine (C=N–C) groups is 1. The van der Waals surface area contributed by atoms with Crippen molar-refractivity contribution in [2.75, 3.05) is 36.0 Å². The largest absolute Gasteiger partial charge is 0.481 e. The number of hydrogen-bond donors (Lipinski definition) is 1. The molecule has 0 radical (unpaired) electrons.